The molecule has 0 bridgehead atoms. The number of nitrogens with zero attached hydrogens (tertiary/aromatic N) is 2. The van der Waals surface area contributed by atoms with Gasteiger partial charge in [0.25, 0.3) is 5.56 Å². The van der Waals surface area contributed by atoms with Crippen LogP contribution in [-0.4, -0.2) is 15.5 Å². The van der Waals surface area contributed by atoms with Gasteiger partial charge in [-0.3, -0.25) is 9.36 Å². The highest BCUT2D eigenvalue weighted by atomic mass is 35.5. The third kappa shape index (κ3) is 4.52. The fourth-order valence-corrected chi connectivity index (χ4v) is 3.71. The SMILES string of the molecule is CCn1c(Cc2ccccc2C(=O)OCc2ccccc2)nc2cc(Cl)ccc2c1=O. The number of esters is 1. The van der Waals surface area contributed by atoms with Crippen molar-refractivity contribution in [3.8, 4) is 0 Å². The number of carbonyl (C=O) groups excluding carboxylic acids is 1. The molecule has 0 aliphatic heterocycles. The molecule has 0 N–H and O–H groups in total. The van der Waals surface area contributed by atoms with Crippen LogP contribution in [0.15, 0.2) is 77.6 Å². The van der Waals surface area contributed by atoms with Gasteiger partial charge in [-0.15, -0.1) is 0 Å². The Labute approximate surface area is 184 Å². The van der Waals surface area contributed by atoms with Gasteiger partial charge >= 0.3 is 5.97 Å². The molecule has 3 aromatic carbocycles. The molecule has 5 nitrogen and oxygen atoms in total. The first kappa shape index (κ1) is 20.8. The van der Waals surface area contributed by atoms with Crippen LogP contribution in [0, 0.1) is 0 Å². The number of ether oxygens (including phenoxy) is 1. The second-order valence-electron chi connectivity index (χ2n) is 7.13. The summed E-state index contributed by atoms with van der Waals surface area (Å²) in [5.41, 5.74) is 2.54. The Hall–Kier alpha value is -3.44. The number of halogens is 1. The molecule has 0 spiro atoms. The lowest BCUT2D eigenvalue weighted by Gasteiger charge is -2.14. The smallest absolute Gasteiger partial charge is 0.338 e. The van der Waals surface area contributed by atoms with E-state index in [1.165, 1.54) is 0 Å². The Morgan fingerprint density at radius 1 is 1.03 bits per heavy atom. The van der Waals surface area contributed by atoms with Gasteiger partial charge in [-0.25, -0.2) is 9.78 Å². The number of rotatable bonds is 6. The van der Waals surface area contributed by atoms with Gasteiger partial charge in [0.2, 0.25) is 0 Å². The minimum absolute atomic E-state index is 0.122. The standard InChI is InChI=1S/C25H21ClN2O3/c1-2-28-23(27-22-15-19(26)12-13-21(22)24(28)29)14-18-10-6-7-11-20(18)25(30)31-16-17-8-4-3-5-9-17/h3-13,15H,2,14,16H2,1H3. The zero-order chi connectivity index (χ0) is 21.8. The first-order chi connectivity index (χ1) is 15.1. The van der Waals surface area contributed by atoms with Gasteiger partial charge in [-0.05, 0) is 42.3 Å². The van der Waals surface area contributed by atoms with E-state index in [0.717, 1.165) is 11.1 Å². The second-order valence-corrected chi connectivity index (χ2v) is 7.57. The van der Waals surface area contributed by atoms with Crippen LogP contribution in [0.5, 0.6) is 0 Å². The summed E-state index contributed by atoms with van der Waals surface area (Å²) in [6.07, 6.45) is 0.322. The van der Waals surface area contributed by atoms with Crippen LogP contribution < -0.4 is 5.56 Å². The van der Waals surface area contributed by atoms with Gasteiger partial charge in [0, 0.05) is 18.0 Å². The maximum atomic E-state index is 12.9. The van der Waals surface area contributed by atoms with Gasteiger partial charge in [0.15, 0.2) is 0 Å². The molecule has 4 aromatic rings. The van der Waals surface area contributed by atoms with E-state index in [-0.39, 0.29) is 12.2 Å². The maximum Gasteiger partial charge on any atom is 0.338 e. The van der Waals surface area contributed by atoms with Crippen molar-refractivity contribution in [2.45, 2.75) is 26.5 Å². The van der Waals surface area contributed by atoms with E-state index in [1.54, 1.807) is 34.9 Å². The summed E-state index contributed by atoms with van der Waals surface area (Å²) in [4.78, 5) is 30.4. The molecule has 6 heteroatoms. The molecular weight excluding hydrogens is 412 g/mol. The summed E-state index contributed by atoms with van der Waals surface area (Å²) in [7, 11) is 0. The van der Waals surface area contributed by atoms with E-state index in [1.807, 2.05) is 49.4 Å². The quantitative estimate of drug-likeness (QED) is 0.401. The van der Waals surface area contributed by atoms with Gasteiger partial charge in [0.05, 0.1) is 16.5 Å². The molecule has 0 radical (unpaired) electrons. The van der Waals surface area contributed by atoms with Gasteiger partial charge in [-0.1, -0.05) is 60.1 Å². The van der Waals surface area contributed by atoms with Crippen LogP contribution >= 0.6 is 11.6 Å². The maximum absolute atomic E-state index is 12.9. The summed E-state index contributed by atoms with van der Waals surface area (Å²) in [6, 6.07) is 21.8. The molecule has 31 heavy (non-hydrogen) atoms. The third-order valence-corrected chi connectivity index (χ3v) is 5.35. The minimum Gasteiger partial charge on any atom is -0.457 e. The van der Waals surface area contributed by atoms with E-state index < -0.39 is 5.97 Å². The zero-order valence-electron chi connectivity index (χ0n) is 17.0. The van der Waals surface area contributed by atoms with Crippen LogP contribution in [0.25, 0.3) is 10.9 Å². The zero-order valence-corrected chi connectivity index (χ0v) is 17.8. The summed E-state index contributed by atoms with van der Waals surface area (Å²) >= 11 is 6.10. The van der Waals surface area contributed by atoms with Crippen molar-refractivity contribution in [3.05, 3.63) is 111 Å². The van der Waals surface area contributed by atoms with Crippen LogP contribution in [0.3, 0.4) is 0 Å². The van der Waals surface area contributed by atoms with Gasteiger partial charge < -0.3 is 4.74 Å². The van der Waals surface area contributed by atoms with Crippen molar-refractivity contribution in [2.75, 3.05) is 0 Å². The Balaban J connectivity index is 1.66. The van der Waals surface area contributed by atoms with E-state index in [9.17, 15) is 9.59 Å². The van der Waals surface area contributed by atoms with E-state index in [4.69, 9.17) is 16.3 Å². The van der Waals surface area contributed by atoms with E-state index in [2.05, 4.69) is 4.98 Å². The second kappa shape index (κ2) is 9.14. The fraction of sp³-hybridized carbons (Fsp3) is 0.160. The van der Waals surface area contributed by atoms with Crippen LogP contribution in [0.1, 0.15) is 34.2 Å². The highest BCUT2D eigenvalue weighted by Gasteiger charge is 2.16. The topological polar surface area (TPSA) is 61.2 Å². The lowest BCUT2D eigenvalue weighted by atomic mass is 10.0. The van der Waals surface area contributed by atoms with Crippen LogP contribution in [-0.2, 0) is 24.3 Å². The molecule has 0 amide bonds. The predicted molar refractivity (Wildman–Crippen MR) is 121 cm³/mol. The number of hydrogen-bond acceptors (Lipinski definition) is 4. The lowest BCUT2D eigenvalue weighted by Crippen LogP contribution is -2.25. The van der Waals surface area contributed by atoms with E-state index >= 15 is 0 Å². The molecule has 0 aliphatic rings. The average Bonchev–Trinajstić information content (AvgIpc) is 2.78. The van der Waals surface area contributed by atoms with Crippen molar-refractivity contribution in [1.29, 1.82) is 0 Å². The molecule has 0 saturated carbocycles. The summed E-state index contributed by atoms with van der Waals surface area (Å²) in [6.45, 7) is 2.56. The van der Waals surface area contributed by atoms with Crippen molar-refractivity contribution in [2.24, 2.45) is 0 Å². The molecular formula is C25H21ClN2O3. The Morgan fingerprint density at radius 2 is 1.77 bits per heavy atom. The van der Waals surface area contributed by atoms with Gasteiger partial charge in [-0.2, -0.15) is 0 Å². The summed E-state index contributed by atoms with van der Waals surface area (Å²) in [5.74, 6) is 0.166. The molecule has 0 unspecified atom stereocenters. The normalized spacial score (nSPS) is 10.9. The third-order valence-electron chi connectivity index (χ3n) is 5.11. The number of benzene rings is 3. The molecule has 0 fully saturated rings. The molecule has 0 aliphatic carbocycles. The van der Waals surface area contributed by atoms with Crippen LogP contribution in [0.2, 0.25) is 5.02 Å². The molecule has 4 rings (SSSR count). The molecule has 0 saturated heterocycles. The molecule has 1 heterocycles. The lowest BCUT2D eigenvalue weighted by molar-refractivity contribution is 0.0471. The Kier molecular flexibility index (Phi) is 6.14. The number of aromatic nitrogens is 2. The largest absolute Gasteiger partial charge is 0.457 e. The first-order valence-electron chi connectivity index (χ1n) is 10.0. The number of carbonyl (C=O) groups is 1. The average molecular weight is 433 g/mol. The van der Waals surface area contributed by atoms with Gasteiger partial charge in [0.1, 0.15) is 12.4 Å². The molecule has 156 valence electrons. The highest BCUT2D eigenvalue weighted by molar-refractivity contribution is 6.31. The monoisotopic (exact) mass is 432 g/mol. The number of hydrogen-bond donors (Lipinski definition) is 0. The summed E-state index contributed by atoms with van der Waals surface area (Å²) in [5, 5.41) is 1.04. The Bertz CT molecular complexity index is 1300. The van der Waals surface area contributed by atoms with Crippen molar-refractivity contribution in [3.63, 3.8) is 0 Å². The number of fused-ring (bicyclic) bond motifs is 1. The fourth-order valence-electron chi connectivity index (χ4n) is 3.55. The summed E-state index contributed by atoms with van der Waals surface area (Å²) < 4.78 is 7.14. The minimum atomic E-state index is -0.409. The Morgan fingerprint density at radius 3 is 2.55 bits per heavy atom. The van der Waals surface area contributed by atoms with Crippen molar-refractivity contribution >= 4 is 28.5 Å². The predicted octanol–water partition coefficient (Wildman–Crippen LogP) is 5.02. The van der Waals surface area contributed by atoms with E-state index in [0.29, 0.717) is 40.3 Å². The van der Waals surface area contributed by atoms with Crippen molar-refractivity contribution < 1.29 is 9.53 Å². The van der Waals surface area contributed by atoms with Crippen LogP contribution in [0.4, 0.5) is 0 Å². The van der Waals surface area contributed by atoms with Crippen molar-refractivity contribution in [1.82, 2.24) is 9.55 Å². The highest BCUT2D eigenvalue weighted by Crippen LogP contribution is 2.19. The molecule has 1 aromatic heterocycles. The molecule has 0 atom stereocenters. The first-order valence-corrected chi connectivity index (χ1v) is 10.4.